The Hall–Kier alpha value is -1.39. The van der Waals surface area contributed by atoms with Crippen LogP contribution < -0.4 is 0 Å². The van der Waals surface area contributed by atoms with Gasteiger partial charge in [-0.05, 0) is 30.0 Å². The second kappa shape index (κ2) is 8.72. The molecule has 0 saturated heterocycles. The molecule has 0 amide bonds. The summed E-state index contributed by atoms with van der Waals surface area (Å²) in [6.07, 6.45) is 3.71. The Balaban J connectivity index is 1.96. The van der Waals surface area contributed by atoms with Gasteiger partial charge in [-0.25, -0.2) is 0 Å². The topological polar surface area (TPSA) is 29.0 Å². The molecule has 0 aromatic carbocycles. The van der Waals surface area contributed by atoms with Crippen molar-refractivity contribution in [3.63, 3.8) is 0 Å². The Morgan fingerprint density at radius 2 is 1.55 bits per heavy atom. The molecule has 106 valence electrons. The fourth-order valence-electron chi connectivity index (χ4n) is 1.99. The van der Waals surface area contributed by atoms with Gasteiger partial charge in [0.15, 0.2) is 0 Å². The molecule has 0 radical (unpaired) electrons. The fraction of sp³-hybridized carbons (Fsp3) is 0.375. The molecule has 0 spiro atoms. The summed E-state index contributed by atoms with van der Waals surface area (Å²) < 4.78 is 0. The molecule has 2 aromatic rings. The van der Waals surface area contributed by atoms with Gasteiger partial charge in [0.2, 0.25) is 0 Å². The van der Waals surface area contributed by atoms with Crippen molar-refractivity contribution in [3.05, 3.63) is 60.2 Å². The number of rotatable bonds is 8. The summed E-state index contributed by atoms with van der Waals surface area (Å²) in [6.45, 7) is 5.02. The average Bonchev–Trinajstić information content (AvgIpc) is 2.49. The highest BCUT2D eigenvalue weighted by Crippen LogP contribution is 2.08. The summed E-state index contributed by atoms with van der Waals surface area (Å²) in [5.74, 6) is 2.32. The molecule has 0 aliphatic rings. The third-order valence-corrected chi connectivity index (χ3v) is 3.86. The molecular formula is C16H21N3S. The first-order valence-corrected chi connectivity index (χ1v) is 8.14. The van der Waals surface area contributed by atoms with E-state index in [1.807, 2.05) is 48.4 Å². The van der Waals surface area contributed by atoms with E-state index in [0.717, 1.165) is 36.8 Å². The van der Waals surface area contributed by atoms with Crippen LogP contribution in [0, 0.1) is 0 Å². The van der Waals surface area contributed by atoms with Crippen LogP contribution in [0.4, 0.5) is 0 Å². The summed E-state index contributed by atoms with van der Waals surface area (Å²) in [4.78, 5) is 11.2. The molecule has 0 atom stereocenters. The molecule has 0 bridgehead atoms. The van der Waals surface area contributed by atoms with Crippen LogP contribution in [-0.4, -0.2) is 32.9 Å². The van der Waals surface area contributed by atoms with Gasteiger partial charge in [-0.15, -0.1) is 0 Å². The van der Waals surface area contributed by atoms with Crippen molar-refractivity contribution in [2.24, 2.45) is 0 Å². The first kappa shape index (κ1) is 15.0. The highest BCUT2D eigenvalue weighted by atomic mass is 32.2. The first-order valence-electron chi connectivity index (χ1n) is 6.98. The van der Waals surface area contributed by atoms with Crippen LogP contribution in [0.5, 0.6) is 0 Å². The van der Waals surface area contributed by atoms with E-state index in [9.17, 15) is 0 Å². The Morgan fingerprint density at radius 3 is 2.00 bits per heavy atom. The number of nitrogens with zero attached hydrogens (tertiary/aromatic N) is 3. The van der Waals surface area contributed by atoms with E-state index >= 15 is 0 Å². The number of hydrogen-bond acceptors (Lipinski definition) is 4. The zero-order valence-corrected chi connectivity index (χ0v) is 12.7. The highest BCUT2D eigenvalue weighted by molar-refractivity contribution is 7.99. The maximum atomic E-state index is 4.42. The van der Waals surface area contributed by atoms with Gasteiger partial charge in [0.1, 0.15) is 0 Å². The third-order valence-electron chi connectivity index (χ3n) is 2.98. The van der Waals surface area contributed by atoms with Crippen LogP contribution >= 0.6 is 11.8 Å². The van der Waals surface area contributed by atoms with Gasteiger partial charge in [-0.3, -0.25) is 14.9 Å². The van der Waals surface area contributed by atoms with Gasteiger partial charge in [0.05, 0.1) is 11.4 Å². The van der Waals surface area contributed by atoms with Crippen LogP contribution in [-0.2, 0) is 13.1 Å². The van der Waals surface area contributed by atoms with Gasteiger partial charge in [-0.2, -0.15) is 11.8 Å². The molecule has 2 aromatic heterocycles. The maximum absolute atomic E-state index is 4.42. The van der Waals surface area contributed by atoms with Gasteiger partial charge >= 0.3 is 0 Å². The zero-order chi connectivity index (χ0) is 14.0. The largest absolute Gasteiger partial charge is 0.291 e. The van der Waals surface area contributed by atoms with Gasteiger partial charge in [0.25, 0.3) is 0 Å². The lowest BCUT2D eigenvalue weighted by Gasteiger charge is -2.21. The van der Waals surface area contributed by atoms with Crippen molar-refractivity contribution in [3.8, 4) is 0 Å². The average molecular weight is 287 g/mol. The van der Waals surface area contributed by atoms with Crippen molar-refractivity contribution in [2.75, 3.05) is 18.1 Å². The number of thioether (sulfide) groups is 1. The van der Waals surface area contributed by atoms with E-state index in [2.05, 4.69) is 33.9 Å². The van der Waals surface area contributed by atoms with E-state index < -0.39 is 0 Å². The first-order chi connectivity index (χ1) is 9.88. The Kier molecular flexibility index (Phi) is 6.54. The predicted octanol–water partition coefficient (Wildman–Crippen LogP) is 3.23. The fourth-order valence-corrected chi connectivity index (χ4v) is 2.67. The Bertz CT molecular complexity index is 434. The number of pyridine rings is 2. The lowest BCUT2D eigenvalue weighted by Crippen LogP contribution is -2.26. The van der Waals surface area contributed by atoms with E-state index in [4.69, 9.17) is 0 Å². The predicted molar refractivity (Wildman–Crippen MR) is 85.6 cm³/mol. The minimum Gasteiger partial charge on any atom is -0.291 e. The van der Waals surface area contributed by atoms with Crippen molar-refractivity contribution in [1.82, 2.24) is 14.9 Å². The summed E-state index contributed by atoms with van der Waals surface area (Å²) >= 11 is 1.98. The van der Waals surface area contributed by atoms with Crippen molar-refractivity contribution < 1.29 is 0 Å². The minimum atomic E-state index is 0.877. The van der Waals surface area contributed by atoms with Crippen LogP contribution in [0.25, 0.3) is 0 Å². The zero-order valence-electron chi connectivity index (χ0n) is 11.9. The van der Waals surface area contributed by atoms with Crippen LogP contribution in [0.15, 0.2) is 48.8 Å². The minimum absolute atomic E-state index is 0.877. The second-order valence-electron chi connectivity index (χ2n) is 4.55. The normalized spacial score (nSPS) is 10.9. The molecule has 0 fully saturated rings. The second-order valence-corrected chi connectivity index (χ2v) is 5.94. The molecular weight excluding hydrogens is 266 g/mol. The van der Waals surface area contributed by atoms with E-state index in [-0.39, 0.29) is 0 Å². The quantitative estimate of drug-likeness (QED) is 0.697. The summed E-state index contributed by atoms with van der Waals surface area (Å²) in [7, 11) is 0. The standard InChI is InChI=1S/C16H21N3S/c1-2-20-12-11-19(13-15-7-3-5-9-17-15)14-16-8-4-6-10-18-16/h3-10H,2,11-14H2,1H3. The molecule has 2 heterocycles. The van der Waals surface area contributed by atoms with Crippen molar-refractivity contribution >= 4 is 11.8 Å². The van der Waals surface area contributed by atoms with E-state index in [1.54, 1.807) is 0 Å². The van der Waals surface area contributed by atoms with E-state index in [0.29, 0.717) is 0 Å². The molecule has 2 rings (SSSR count). The van der Waals surface area contributed by atoms with Gasteiger partial charge in [0, 0.05) is 37.8 Å². The Labute approximate surface area is 125 Å². The van der Waals surface area contributed by atoms with Crippen LogP contribution in [0.3, 0.4) is 0 Å². The smallest absolute Gasteiger partial charge is 0.0544 e. The van der Waals surface area contributed by atoms with Crippen molar-refractivity contribution in [1.29, 1.82) is 0 Å². The van der Waals surface area contributed by atoms with Crippen molar-refractivity contribution in [2.45, 2.75) is 20.0 Å². The SMILES string of the molecule is CCSCCN(Cc1ccccn1)Cc1ccccn1. The van der Waals surface area contributed by atoms with Gasteiger partial charge in [-0.1, -0.05) is 19.1 Å². The van der Waals surface area contributed by atoms with Crippen LogP contribution in [0.2, 0.25) is 0 Å². The molecule has 3 nitrogen and oxygen atoms in total. The lowest BCUT2D eigenvalue weighted by molar-refractivity contribution is 0.267. The molecule has 0 aliphatic heterocycles. The lowest BCUT2D eigenvalue weighted by atomic mass is 10.3. The monoisotopic (exact) mass is 287 g/mol. The summed E-state index contributed by atoms with van der Waals surface area (Å²) in [6, 6.07) is 12.2. The third kappa shape index (κ3) is 5.31. The molecule has 0 saturated carbocycles. The maximum Gasteiger partial charge on any atom is 0.0544 e. The number of hydrogen-bond donors (Lipinski definition) is 0. The molecule has 0 unspecified atom stereocenters. The highest BCUT2D eigenvalue weighted by Gasteiger charge is 2.08. The summed E-state index contributed by atoms with van der Waals surface area (Å²) in [5, 5.41) is 0. The van der Waals surface area contributed by atoms with E-state index in [1.165, 1.54) is 5.75 Å². The molecule has 20 heavy (non-hydrogen) atoms. The van der Waals surface area contributed by atoms with Crippen LogP contribution in [0.1, 0.15) is 18.3 Å². The molecule has 4 heteroatoms. The van der Waals surface area contributed by atoms with Gasteiger partial charge < -0.3 is 0 Å². The molecule has 0 N–H and O–H groups in total. The number of aromatic nitrogens is 2. The molecule has 0 aliphatic carbocycles. The Morgan fingerprint density at radius 1 is 0.950 bits per heavy atom. The summed E-state index contributed by atoms with van der Waals surface area (Å²) in [5.41, 5.74) is 2.23.